The maximum absolute atomic E-state index is 13.2. The molecule has 0 saturated carbocycles. The van der Waals surface area contributed by atoms with E-state index in [9.17, 15) is 9.59 Å². The Bertz CT molecular complexity index is 889. The summed E-state index contributed by atoms with van der Waals surface area (Å²) < 4.78 is 0. The van der Waals surface area contributed by atoms with Crippen molar-refractivity contribution in [3.63, 3.8) is 0 Å². The number of carbonyl (C=O) groups excluding carboxylic acids is 2. The van der Waals surface area contributed by atoms with Gasteiger partial charge in [-0.2, -0.15) is 0 Å². The summed E-state index contributed by atoms with van der Waals surface area (Å²) in [4.78, 5) is 26.8. The van der Waals surface area contributed by atoms with Gasteiger partial charge in [0.1, 0.15) is 0 Å². The average molecular weight is 332 g/mol. The highest BCUT2D eigenvalue weighted by molar-refractivity contribution is 6.01. The molecule has 2 amide bonds. The minimum absolute atomic E-state index is 0.00359. The van der Waals surface area contributed by atoms with Gasteiger partial charge in [0.2, 0.25) is 5.91 Å². The van der Waals surface area contributed by atoms with Crippen LogP contribution in [0.1, 0.15) is 45.8 Å². The van der Waals surface area contributed by atoms with Crippen LogP contribution in [0.2, 0.25) is 0 Å². The molecule has 1 N–H and O–H groups in total. The zero-order valence-electron chi connectivity index (χ0n) is 14.0. The Morgan fingerprint density at radius 1 is 1.12 bits per heavy atom. The molecule has 1 fully saturated rings. The molecule has 126 valence electrons. The first-order valence-electron chi connectivity index (χ1n) is 9.02. The second-order valence-corrected chi connectivity index (χ2v) is 7.31. The van der Waals surface area contributed by atoms with Gasteiger partial charge in [0.25, 0.3) is 5.91 Å². The van der Waals surface area contributed by atoms with E-state index in [1.807, 2.05) is 18.2 Å². The first-order chi connectivity index (χ1) is 12.2. The number of anilines is 1. The normalized spacial score (nSPS) is 23.7. The molecule has 0 radical (unpaired) electrons. The molecule has 2 aliphatic heterocycles. The van der Waals surface area contributed by atoms with Crippen LogP contribution in [0.5, 0.6) is 0 Å². The van der Waals surface area contributed by atoms with Crippen LogP contribution in [0.15, 0.2) is 42.5 Å². The fourth-order valence-electron chi connectivity index (χ4n) is 4.76. The van der Waals surface area contributed by atoms with Gasteiger partial charge in [0.15, 0.2) is 0 Å². The molecule has 4 nitrogen and oxygen atoms in total. The molecule has 2 atom stereocenters. The number of piperidine rings is 1. The molecule has 0 spiro atoms. The minimum Gasteiger partial charge on any atom is -0.335 e. The third kappa shape index (κ3) is 2.28. The molecular formula is C21H20N2O2. The van der Waals surface area contributed by atoms with E-state index < -0.39 is 0 Å². The van der Waals surface area contributed by atoms with Crippen molar-refractivity contribution in [2.75, 3.05) is 11.9 Å². The summed E-state index contributed by atoms with van der Waals surface area (Å²) in [7, 11) is 0. The number of rotatable bonds is 1. The topological polar surface area (TPSA) is 49.4 Å². The SMILES string of the molecule is O=C1Cc2cc(C(=O)N3CCC[C@@H]4c5ccccc5CC43)ccc2N1. The summed E-state index contributed by atoms with van der Waals surface area (Å²) >= 11 is 0. The Hall–Kier alpha value is -2.62. The largest absolute Gasteiger partial charge is 0.335 e. The standard InChI is InChI=1S/C21H20N2O2/c24-20-12-15-10-14(7-8-18(15)22-20)21(25)23-9-3-6-17-16-5-2-1-4-13(16)11-19(17)23/h1-2,4-5,7-8,10,17,19H,3,6,9,11-12H2,(H,22,24)/t17-,19?/m1/s1. The third-order valence-electron chi connectivity index (χ3n) is 5.90. The van der Waals surface area contributed by atoms with Crippen LogP contribution < -0.4 is 5.32 Å². The second-order valence-electron chi connectivity index (χ2n) is 7.31. The number of amides is 2. The Morgan fingerprint density at radius 3 is 2.92 bits per heavy atom. The molecule has 3 aliphatic rings. The number of fused-ring (bicyclic) bond motifs is 4. The number of carbonyl (C=O) groups is 2. The number of nitrogens with zero attached hydrogens (tertiary/aromatic N) is 1. The van der Waals surface area contributed by atoms with Crippen LogP contribution in [0.3, 0.4) is 0 Å². The third-order valence-corrected chi connectivity index (χ3v) is 5.90. The fraction of sp³-hybridized carbons (Fsp3) is 0.333. The van der Waals surface area contributed by atoms with Crippen molar-refractivity contribution >= 4 is 17.5 Å². The molecule has 4 heteroatoms. The number of nitrogens with one attached hydrogen (secondary N) is 1. The molecular weight excluding hydrogens is 312 g/mol. The van der Waals surface area contributed by atoms with E-state index in [4.69, 9.17) is 0 Å². The second kappa shape index (κ2) is 5.45. The van der Waals surface area contributed by atoms with E-state index in [0.717, 1.165) is 37.1 Å². The maximum atomic E-state index is 13.2. The lowest BCUT2D eigenvalue weighted by molar-refractivity contribution is -0.115. The smallest absolute Gasteiger partial charge is 0.254 e. The quantitative estimate of drug-likeness (QED) is 0.872. The molecule has 0 aromatic heterocycles. The Labute approximate surface area is 146 Å². The van der Waals surface area contributed by atoms with Crippen LogP contribution in [-0.2, 0) is 17.6 Å². The lowest BCUT2D eigenvalue weighted by Gasteiger charge is -2.38. The van der Waals surface area contributed by atoms with Gasteiger partial charge in [-0.1, -0.05) is 24.3 Å². The Balaban J connectivity index is 1.45. The number of benzene rings is 2. The predicted octanol–water partition coefficient (Wildman–Crippen LogP) is 3.13. The molecule has 5 rings (SSSR count). The summed E-state index contributed by atoms with van der Waals surface area (Å²) in [5, 5.41) is 2.83. The van der Waals surface area contributed by atoms with Crippen molar-refractivity contribution < 1.29 is 9.59 Å². The van der Waals surface area contributed by atoms with E-state index in [-0.39, 0.29) is 17.9 Å². The molecule has 2 heterocycles. The maximum Gasteiger partial charge on any atom is 0.254 e. The summed E-state index contributed by atoms with van der Waals surface area (Å²) in [5.41, 5.74) is 5.28. The first kappa shape index (κ1) is 14.7. The minimum atomic E-state index is 0.00359. The van der Waals surface area contributed by atoms with Crippen LogP contribution in [0, 0.1) is 0 Å². The van der Waals surface area contributed by atoms with Crippen molar-refractivity contribution in [3.05, 3.63) is 64.7 Å². The van der Waals surface area contributed by atoms with Gasteiger partial charge < -0.3 is 10.2 Å². The lowest BCUT2D eigenvalue weighted by atomic mass is 9.88. The van der Waals surface area contributed by atoms with Crippen molar-refractivity contribution in [2.45, 2.75) is 37.6 Å². The van der Waals surface area contributed by atoms with Gasteiger partial charge in [-0.25, -0.2) is 0 Å². The van der Waals surface area contributed by atoms with E-state index in [2.05, 4.69) is 34.5 Å². The lowest BCUT2D eigenvalue weighted by Crippen LogP contribution is -2.46. The first-order valence-corrected chi connectivity index (χ1v) is 9.02. The van der Waals surface area contributed by atoms with Gasteiger partial charge >= 0.3 is 0 Å². The van der Waals surface area contributed by atoms with Crippen molar-refractivity contribution in [1.29, 1.82) is 0 Å². The van der Waals surface area contributed by atoms with E-state index in [1.54, 1.807) is 0 Å². The number of hydrogen-bond acceptors (Lipinski definition) is 2. The Kier molecular flexibility index (Phi) is 3.20. The molecule has 1 saturated heterocycles. The number of hydrogen-bond donors (Lipinski definition) is 1. The van der Waals surface area contributed by atoms with E-state index in [0.29, 0.717) is 17.9 Å². The summed E-state index contributed by atoms with van der Waals surface area (Å²) in [5.74, 6) is 0.570. The van der Waals surface area contributed by atoms with Gasteiger partial charge in [0, 0.05) is 29.8 Å². The Morgan fingerprint density at radius 2 is 2.00 bits per heavy atom. The van der Waals surface area contributed by atoms with Gasteiger partial charge in [-0.15, -0.1) is 0 Å². The predicted molar refractivity (Wildman–Crippen MR) is 95.7 cm³/mol. The van der Waals surface area contributed by atoms with Crippen molar-refractivity contribution in [2.24, 2.45) is 0 Å². The molecule has 2 aromatic rings. The summed E-state index contributed by atoms with van der Waals surface area (Å²) in [6.45, 7) is 0.822. The zero-order valence-corrected chi connectivity index (χ0v) is 14.0. The van der Waals surface area contributed by atoms with Crippen molar-refractivity contribution in [3.8, 4) is 0 Å². The van der Waals surface area contributed by atoms with Gasteiger partial charge in [-0.3, -0.25) is 9.59 Å². The highest BCUT2D eigenvalue weighted by Crippen LogP contribution is 2.42. The average Bonchev–Trinajstić information content (AvgIpc) is 3.19. The van der Waals surface area contributed by atoms with Gasteiger partial charge in [0.05, 0.1) is 6.42 Å². The molecule has 0 bridgehead atoms. The van der Waals surface area contributed by atoms with Crippen LogP contribution in [0.25, 0.3) is 0 Å². The van der Waals surface area contributed by atoms with Crippen LogP contribution in [-0.4, -0.2) is 29.3 Å². The zero-order chi connectivity index (χ0) is 17.0. The highest BCUT2D eigenvalue weighted by Gasteiger charge is 2.40. The highest BCUT2D eigenvalue weighted by atomic mass is 16.2. The van der Waals surface area contributed by atoms with Gasteiger partial charge in [-0.05, 0) is 54.2 Å². The van der Waals surface area contributed by atoms with E-state index >= 15 is 0 Å². The summed E-state index contributed by atoms with van der Waals surface area (Å²) in [6, 6.07) is 14.5. The van der Waals surface area contributed by atoms with Crippen molar-refractivity contribution in [1.82, 2.24) is 4.90 Å². The number of likely N-dealkylation sites (tertiary alicyclic amines) is 1. The van der Waals surface area contributed by atoms with Crippen LogP contribution >= 0.6 is 0 Å². The monoisotopic (exact) mass is 332 g/mol. The summed E-state index contributed by atoms with van der Waals surface area (Å²) in [6.07, 6.45) is 3.53. The van der Waals surface area contributed by atoms with E-state index in [1.165, 1.54) is 11.1 Å². The molecule has 1 aliphatic carbocycles. The molecule has 1 unspecified atom stereocenters. The molecule has 25 heavy (non-hydrogen) atoms. The fourth-order valence-corrected chi connectivity index (χ4v) is 4.76. The molecule has 2 aromatic carbocycles. The van der Waals surface area contributed by atoms with Crippen LogP contribution in [0.4, 0.5) is 5.69 Å².